The number of likely N-dealkylation sites (N-methyl/N-ethyl adjacent to an activating group) is 1. The Kier molecular flexibility index (Phi) is 5.20. The lowest BCUT2D eigenvalue weighted by Crippen LogP contribution is -2.36. The van der Waals surface area contributed by atoms with Gasteiger partial charge in [-0.05, 0) is 13.8 Å². The van der Waals surface area contributed by atoms with Crippen LogP contribution >= 0.6 is 0 Å². The second-order valence-electron chi connectivity index (χ2n) is 3.86. The average molecular weight is 201 g/mol. The molecule has 0 aromatic rings. The lowest BCUT2D eigenvalue weighted by molar-refractivity contribution is -0.154. The summed E-state index contributed by atoms with van der Waals surface area (Å²) < 4.78 is 4.81. The summed E-state index contributed by atoms with van der Waals surface area (Å²) in [5.41, 5.74) is 0. The molecule has 0 N–H and O–H groups in total. The molecule has 0 radical (unpaired) electrons. The fourth-order valence-corrected chi connectivity index (χ4v) is 0.689. The predicted molar refractivity (Wildman–Crippen MR) is 53.7 cm³/mol. The molecule has 0 aromatic carbocycles. The molecule has 82 valence electrons. The number of hydrogen-bond acceptors (Lipinski definition) is 3. The lowest BCUT2D eigenvalue weighted by Gasteiger charge is -2.21. The van der Waals surface area contributed by atoms with Gasteiger partial charge in [0.05, 0.1) is 5.92 Å². The summed E-state index contributed by atoms with van der Waals surface area (Å²) in [4.78, 5) is 24.0. The van der Waals surface area contributed by atoms with E-state index in [1.807, 2.05) is 13.8 Å². The van der Waals surface area contributed by atoms with Crippen molar-refractivity contribution < 1.29 is 14.3 Å². The second-order valence-corrected chi connectivity index (χ2v) is 3.86. The first kappa shape index (κ1) is 12.9. The molecule has 0 saturated carbocycles. The standard InChI is InChI=1S/C10H19NO3/c1-7(2)10(13)14-6-9(12)11(5)8(3)4/h7-8H,6H2,1-5H3. The van der Waals surface area contributed by atoms with Crippen LogP contribution in [0.5, 0.6) is 0 Å². The molecule has 0 aliphatic heterocycles. The highest BCUT2D eigenvalue weighted by Crippen LogP contribution is 1.98. The Morgan fingerprint density at radius 3 is 2.07 bits per heavy atom. The molecule has 0 aromatic heterocycles. The van der Waals surface area contributed by atoms with Crippen molar-refractivity contribution in [1.82, 2.24) is 4.90 Å². The molecule has 0 aliphatic rings. The summed E-state index contributed by atoms with van der Waals surface area (Å²) >= 11 is 0. The average Bonchev–Trinajstić information content (AvgIpc) is 2.11. The summed E-state index contributed by atoms with van der Waals surface area (Å²) in [6, 6.07) is 0.125. The first-order chi connectivity index (χ1) is 6.36. The molecular formula is C10H19NO3. The normalized spacial score (nSPS) is 10.5. The van der Waals surface area contributed by atoms with Crippen LogP contribution < -0.4 is 0 Å². The van der Waals surface area contributed by atoms with Crippen molar-refractivity contribution in [2.75, 3.05) is 13.7 Å². The Bertz CT molecular complexity index is 211. The fraction of sp³-hybridized carbons (Fsp3) is 0.800. The third kappa shape index (κ3) is 4.25. The summed E-state index contributed by atoms with van der Waals surface area (Å²) in [6.07, 6.45) is 0. The summed E-state index contributed by atoms with van der Waals surface area (Å²) in [6.45, 7) is 7.12. The molecular weight excluding hydrogens is 182 g/mol. The minimum atomic E-state index is -0.337. The Labute approximate surface area is 85.2 Å². The largest absolute Gasteiger partial charge is 0.455 e. The lowest BCUT2D eigenvalue weighted by atomic mass is 10.2. The molecule has 0 fully saturated rings. The Morgan fingerprint density at radius 2 is 1.71 bits per heavy atom. The van der Waals surface area contributed by atoms with Crippen LogP contribution in [0.2, 0.25) is 0 Å². The molecule has 0 rings (SSSR count). The van der Waals surface area contributed by atoms with Crippen LogP contribution in [0, 0.1) is 5.92 Å². The maximum absolute atomic E-state index is 11.4. The number of ether oxygens (including phenoxy) is 1. The van der Waals surface area contributed by atoms with Crippen LogP contribution in [-0.4, -0.2) is 36.5 Å². The van der Waals surface area contributed by atoms with E-state index in [4.69, 9.17) is 4.74 Å². The van der Waals surface area contributed by atoms with Gasteiger partial charge in [-0.1, -0.05) is 13.8 Å². The maximum atomic E-state index is 11.4. The number of carbonyl (C=O) groups is 2. The van der Waals surface area contributed by atoms with Gasteiger partial charge in [-0.25, -0.2) is 0 Å². The van der Waals surface area contributed by atoms with E-state index in [9.17, 15) is 9.59 Å². The van der Waals surface area contributed by atoms with Gasteiger partial charge in [0.15, 0.2) is 6.61 Å². The van der Waals surface area contributed by atoms with Crippen molar-refractivity contribution in [1.29, 1.82) is 0 Å². The van der Waals surface area contributed by atoms with E-state index >= 15 is 0 Å². The van der Waals surface area contributed by atoms with Crippen molar-refractivity contribution in [3.05, 3.63) is 0 Å². The third-order valence-electron chi connectivity index (χ3n) is 1.98. The highest BCUT2D eigenvalue weighted by Gasteiger charge is 2.15. The van der Waals surface area contributed by atoms with Crippen LogP contribution in [0.3, 0.4) is 0 Å². The van der Waals surface area contributed by atoms with Crippen LogP contribution in [0.15, 0.2) is 0 Å². The number of esters is 1. The minimum absolute atomic E-state index is 0.125. The Morgan fingerprint density at radius 1 is 1.21 bits per heavy atom. The highest BCUT2D eigenvalue weighted by atomic mass is 16.5. The van der Waals surface area contributed by atoms with E-state index < -0.39 is 0 Å². The van der Waals surface area contributed by atoms with Crippen molar-refractivity contribution in [3.8, 4) is 0 Å². The zero-order valence-corrected chi connectivity index (χ0v) is 9.53. The van der Waals surface area contributed by atoms with Crippen molar-refractivity contribution in [2.24, 2.45) is 5.92 Å². The monoisotopic (exact) mass is 201 g/mol. The molecule has 0 bridgehead atoms. The molecule has 0 atom stereocenters. The van der Waals surface area contributed by atoms with E-state index in [-0.39, 0.29) is 30.4 Å². The van der Waals surface area contributed by atoms with Crippen LogP contribution in [0.4, 0.5) is 0 Å². The number of hydrogen-bond donors (Lipinski definition) is 0. The SMILES string of the molecule is CC(C)C(=O)OCC(=O)N(C)C(C)C. The van der Waals surface area contributed by atoms with E-state index in [2.05, 4.69) is 0 Å². The minimum Gasteiger partial charge on any atom is -0.455 e. The smallest absolute Gasteiger partial charge is 0.308 e. The predicted octanol–water partition coefficient (Wildman–Crippen LogP) is 1.05. The first-order valence-electron chi connectivity index (χ1n) is 4.78. The van der Waals surface area contributed by atoms with Gasteiger partial charge in [-0.15, -0.1) is 0 Å². The van der Waals surface area contributed by atoms with Crippen molar-refractivity contribution in [2.45, 2.75) is 33.7 Å². The zero-order chi connectivity index (χ0) is 11.3. The van der Waals surface area contributed by atoms with Gasteiger partial charge in [-0.2, -0.15) is 0 Å². The number of amides is 1. The number of carbonyl (C=O) groups excluding carboxylic acids is 2. The molecule has 4 nitrogen and oxygen atoms in total. The van der Waals surface area contributed by atoms with Crippen molar-refractivity contribution in [3.63, 3.8) is 0 Å². The second kappa shape index (κ2) is 5.62. The maximum Gasteiger partial charge on any atom is 0.308 e. The van der Waals surface area contributed by atoms with Crippen LogP contribution in [0.25, 0.3) is 0 Å². The van der Waals surface area contributed by atoms with Gasteiger partial charge in [0.25, 0.3) is 5.91 Å². The quantitative estimate of drug-likeness (QED) is 0.639. The molecule has 0 aliphatic carbocycles. The van der Waals surface area contributed by atoms with E-state index in [0.29, 0.717) is 0 Å². The fourth-order valence-electron chi connectivity index (χ4n) is 0.689. The summed E-state index contributed by atoms with van der Waals surface area (Å²) in [5, 5.41) is 0. The topological polar surface area (TPSA) is 46.6 Å². The molecule has 14 heavy (non-hydrogen) atoms. The van der Waals surface area contributed by atoms with Crippen molar-refractivity contribution >= 4 is 11.9 Å². The summed E-state index contributed by atoms with van der Waals surface area (Å²) in [5.74, 6) is -0.698. The Hall–Kier alpha value is -1.06. The van der Waals surface area contributed by atoms with Crippen LogP contribution in [0.1, 0.15) is 27.7 Å². The number of rotatable bonds is 4. The van der Waals surface area contributed by atoms with Gasteiger partial charge < -0.3 is 9.64 Å². The van der Waals surface area contributed by atoms with Crippen LogP contribution in [-0.2, 0) is 14.3 Å². The molecule has 0 spiro atoms. The molecule has 0 heterocycles. The Balaban J connectivity index is 3.91. The van der Waals surface area contributed by atoms with E-state index in [1.165, 1.54) is 0 Å². The zero-order valence-electron chi connectivity index (χ0n) is 9.53. The third-order valence-corrected chi connectivity index (χ3v) is 1.98. The van der Waals surface area contributed by atoms with Gasteiger partial charge in [0, 0.05) is 13.1 Å². The first-order valence-corrected chi connectivity index (χ1v) is 4.78. The van der Waals surface area contributed by atoms with Gasteiger partial charge >= 0.3 is 5.97 Å². The molecule has 4 heteroatoms. The highest BCUT2D eigenvalue weighted by molar-refractivity contribution is 5.81. The summed E-state index contributed by atoms with van der Waals surface area (Å²) in [7, 11) is 1.69. The molecule has 0 unspecified atom stereocenters. The van der Waals surface area contributed by atoms with Gasteiger partial charge in [0.1, 0.15) is 0 Å². The van der Waals surface area contributed by atoms with Gasteiger partial charge in [0.2, 0.25) is 0 Å². The van der Waals surface area contributed by atoms with E-state index in [0.717, 1.165) is 0 Å². The number of nitrogens with zero attached hydrogens (tertiary/aromatic N) is 1. The van der Waals surface area contributed by atoms with E-state index in [1.54, 1.807) is 25.8 Å². The molecule has 0 saturated heterocycles. The van der Waals surface area contributed by atoms with Gasteiger partial charge in [-0.3, -0.25) is 9.59 Å². The molecule has 1 amide bonds.